The molecule has 2 N–H and O–H groups in total. The van der Waals surface area contributed by atoms with Crippen LogP contribution < -0.4 is 4.90 Å². The Hall–Kier alpha value is -3.78. The Kier molecular flexibility index (Phi) is 5.84. The highest BCUT2D eigenvalue weighted by Gasteiger charge is 2.22. The molecule has 0 spiro atoms. The average molecular weight is 507 g/mol. The number of anilines is 1. The zero-order valence-corrected chi connectivity index (χ0v) is 22.2. The summed E-state index contributed by atoms with van der Waals surface area (Å²) in [6, 6.07) is 13.0. The highest BCUT2D eigenvalue weighted by molar-refractivity contribution is 5.91. The molecule has 5 aromatic rings. The van der Waals surface area contributed by atoms with Crippen LogP contribution in [0, 0.1) is 6.92 Å². The Morgan fingerprint density at radius 1 is 0.789 bits per heavy atom. The number of H-pyrrole nitrogens is 2. The summed E-state index contributed by atoms with van der Waals surface area (Å²) in [6.07, 6.45) is 7.94. The Labute approximate surface area is 222 Å². The predicted octanol–water partition coefficient (Wildman–Crippen LogP) is 5.67. The molecule has 2 aliphatic rings. The SMILES string of the molecule is Cc1nc(N2CCCCC2)c2[nH]c(-c3ccc(-c4cc5nc(C6CCN(C)CC6)ncc5[nH]4)cc3)cc2n1. The maximum atomic E-state index is 4.93. The van der Waals surface area contributed by atoms with Crippen LogP contribution in [0.2, 0.25) is 0 Å². The lowest BCUT2D eigenvalue weighted by Gasteiger charge is -2.28. The Balaban J connectivity index is 1.16. The molecule has 0 amide bonds. The normalized spacial score (nSPS) is 17.6. The summed E-state index contributed by atoms with van der Waals surface area (Å²) in [4.78, 5) is 31.1. The second-order valence-corrected chi connectivity index (χ2v) is 11.0. The molecule has 0 aliphatic carbocycles. The third-order valence-corrected chi connectivity index (χ3v) is 8.20. The fourth-order valence-electron chi connectivity index (χ4n) is 5.98. The van der Waals surface area contributed by atoms with Gasteiger partial charge in [0.05, 0.1) is 22.7 Å². The fourth-order valence-corrected chi connectivity index (χ4v) is 5.98. The van der Waals surface area contributed by atoms with Gasteiger partial charge in [-0.05, 0) is 82.4 Å². The summed E-state index contributed by atoms with van der Waals surface area (Å²) < 4.78 is 0. The molecule has 0 atom stereocenters. The van der Waals surface area contributed by atoms with Crippen LogP contribution in [0.1, 0.15) is 49.7 Å². The predicted molar refractivity (Wildman–Crippen MR) is 152 cm³/mol. The van der Waals surface area contributed by atoms with E-state index in [-0.39, 0.29) is 0 Å². The molecular formula is C30H34N8. The van der Waals surface area contributed by atoms with Gasteiger partial charge < -0.3 is 19.8 Å². The molecule has 4 aromatic heterocycles. The van der Waals surface area contributed by atoms with Crippen molar-refractivity contribution < 1.29 is 0 Å². The van der Waals surface area contributed by atoms with Crippen molar-refractivity contribution in [3.8, 4) is 22.5 Å². The molecule has 1 aromatic carbocycles. The molecule has 194 valence electrons. The third kappa shape index (κ3) is 4.32. The number of likely N-dealkylation sites (tertiary alicyclic amines) is 1. The first-order valence-corrected chi connectivity index (χ1v) is 13.9. The summed E-state index contributed by atoms with van der Waals surface area (Å²) in [7, 11) is 2.18. The van der Waals surface area contributed by atoms with Gasteiger partial charge in [0.2, 0.25) is 0 Å². The van der Waals surface area contributed by atoms with E-state index in [1.54, 1.807) is 0 Å². The van der Waals surface area contributed by atoms with Crippen LogP contribution in [0.25, 0.3) is 44.6 Å². The van der Waals surface area contributed by atoms with Crippen LogP contribution in [0.3, 0.4) is 0 Å². The smallest absolute Gasteiger partial charge is 0.156 e. The number of aryl methyl sites for hydroxylation is 1. The monoisotopic (exact) mass is 506 g/mol. The molecule has 0 unspecified atom stereocenters. The van der Waals surface area contributed by atoms with Crippen LogP contribution in [0.15, 0.2) is 42.6 Å². The maximum Gasteiger partial charge on any atom is 0.156 e. The first kappa shape index (κ1) is 23.3. The number of nitrogens with zero attached hydrogens (tertiary/aromatic N) is 6. The van der Waals surface area contributed by atoms with E-state index in [1.807, 2.05) is 13.1 Å². The topological polar surface area (TPSA) is 89.6 Å². The number of fused-ring (bicyclic) bond motifs is 2. The summed E-state index contributed by atoms with van der Waals surface area (Å²) in [5.41, 5.74) is 8.38. The van der Waals surface area contributed by atoms with Gasteiger partial charge in [-0.1, -0.05) is 24.3 Å². The van der Waals surface area contributed by atoms with Gasteiger partial charge in [0, 0.05) is 30.4 Å². The van der Waals surface area contributed by atoms with Crippen molar-refractivity contribution in [1.29, 1.82) is 0 Å². The number of rotatable bonds is 4. The van der Waals surface area contributed by atoms with Crippen LogP contribution >= 0.6 is 0 Å². The van der Waals surface area contributed by atoms with Gasteiger partial charge in [0.25, 0.3) is 0 Å². The molecule has 0 bridgehead atoms. The second-order valence-electron chi connectivity index (χ2n) is 11.0. The number of nitrogens with one attached hydrogen (secondary N) is 2. The van der Waals surface area contributed by atoms with Crippen molar-refractivity contribution in [3.63, 3.8) is 0 Å². The largest absolute Gasteiger partial charge is 0.355 e. The zero-order valence-electron chi connectivity index (χ0n) is 22.2. The highest BCUT2D eigenvalue weighted by atomic mass is 15.2. The van der Waals surface area contributed by atoms with Gasteiger partial charge in [-0.2, -0.15) is 0 Å². The van der Waals surface area contributed by atoms with Gasteiger partial charge in [0.15, 0.2) is 5.82 Å². The van der Waals surface area contributed by atoms with Crippen molar-refractivity contribution in [2.24, 2.45) is 0 Å². The number of aromatic nitrogens is 6. The molecule has 2 saturated heterocycles. The number of piperidine rings is 2. The molecule has 8 nitrogen and oxygen atoms in total. The van der Waals surface area contributed by atoms with Gasteiger partial charge in [-0.25, -0.2) is 19.9 Å². The first-order chi connectivity index (χ1) is 18.6. The maximum absolute atomic E-state index is 4.93. The van der Waals surface area contributed by atoms with E-state index in [2.05, 4.69) is 63.2 Å². The van der Waals surface area contributed by atoms with E-state index in [9.17, 15) is 0 Å². The van der Waals surface area contributed by atoms with Gasteiger partial charge in [-0.3, -0.25) is 0 Å². The van der Waals surface area contributed by atoms with Gasteiger partial charge in [-0.15, -0.1) is 0 Å². The van der Waals surface area contributed by atoms with Crippen LogP contribution in [0.4, 0.5) is 5.82 Å². The molecule has 38 heavy (non-hydrogen) atoms. The lowest BCUT2D eigenvalue weighted by Crippen LogP contribution is -2.30. The third-order valence-electron chi connectivity index (χ3n) is 8.20. The first-order valence-electron chi connectivity index (χ1n) is 13.9. The minimum Gasteiger partial charge on any atom is -0.355 e. The van der Waals surface area contributed by atoms with Gasteiger partial charge >= 0.3 is 0 Å². The lowest BCUT2D eigenvalue weighted by atomic mass is 9.96. The van der Waals surface area contributed by atoms with E-state index >= 15 is 0 Å². The molecule has 0 radical (unpaired) electrons. The second kappa shape index (κ2) is 9.51. The molecule has 0 saturated carbocycles. The molecule has 2 fully saturated rings. The molecule has 8 heteroatoms. The van der Waals surface area contributed by atoms with E-state index in [4.69, 9.17) is 19.9 Å². The Bertz CT molecular complexity index is 1580. The van der Waals surface area contributed by atoms with E-state index in [1.165, 1.54) is 19.3 Å². The average Bonchev–Trinajstić information content (AvgIpc) is 3.58. The molecular weight excluding hydrogens is 472 g/mol. The minimum absolute atomic E-state index is 0.452. The van der Waals surface area contributed by atoms with Crippen molar-refractivity contribution in [2.45, 2.75) is 44.9 Å². The standard InChI is InChI=1S/C30H34N8/c1-19-32-26-17-24(35-28(26)30(33-19)38-12-4-3-5-13-38)21-8-6-20(7-9-21)23-16-25-27(34-23)18-31-29(36-25)22-10-14-37(2)15-11-22/h6-9,16-18,22,34-35H,3-5,10-15H2,1-2H3. The molecule has 6 heterocycles. The summed E-state index contributed by atoms with van der Waals surface area (Å²) >= 11 is 0. The van der Waals surface area contributed by atoms with Crippen LogP contribution in [-0.2, 0) is 0 Å². The highest BCUT2D eigenvalue weighted by Crippen LogP contribution is 2.32. The number of hydrogen-bond donors (Lipinski definition) is 2. The Morgan fingerprint density at radius 2 is 1.47 bits per heavy atom. The van der Waals surface area contributed by atoms with Crippen molar-refractivity contribution in [1.82, 2.24) is 34.8 Å². The van der Waals surface area contributed by atoms with E-state index < -0.39 is 0 Å². The van der Waals surface area contributed by atoms with E-state index in [0.29, 0.717) is 5.92 Å². The minimum atomic E-state index is 0.452. The summed E-state index contributed by atoms with van der Waals surface area (Å²) in [5, 5.41) is 0. The quantitative estimate of drug-likeness (QED) is 0.326. The number of aromatic amines is 2. The molecule has 7 rings (SSSR count). The summed E-state index contributed by atoms with van der Waals surface area (Å²) in [5.74, 6) is 3.29. The van der Waals surface area contributed by atoms with Crippen LogP contribution in [0.5, 0.6) is 0 Å². The number of benzene rings is 1. The van der Waals surface area contributed by atoms with E-state index in [0.717, 1.165) is 101 Å². The van der Waals surface area contributed by atoms with Crippen molar-refractivity contribution >= 4 is 27.9 Å². The summed E-state index contributed by atoms with van der Waals surface area (Å²) in [6.45, 7) is 6.32. The van der Waals surface area contributed by atoms with Crippen LogP contribution in [-0.4, -0.2) is 68.0 Å². The molecule has 2 aliphatic heterocycles. The fraction of sp³-hybridized carbons (Fsp3) is 0.400. The Morgan fingerprint density at radius 3 is 2.21 bits per heavy atom. The van der Waals surface area contributed by atoms with Gasteiger partial charge in [0.1, 0.15) is 17.2 Å². The van der Waals surface area contributed by atoms with Crippen molar-refractivity contribution in [3.05, 3.63) is 54.2 Å². The lowest BCUT2D eigenvalue weighted by molar-refractivity contribution is 0.251. The van der Waals surface area contributed by atoms with Crippen molar-refractivity contribution in [2.75, 3.05) is 38.1 Å². The number of hydrogen-bond acceptors (Lipinski definition) is 6. The zero-order chi connectivity index (χ0) is 25.6.